The maximum Gasteiger partial charge on any atom is 0.111 e. The number of halogens is 2. The average Bonchev–Trinajstić information content (AvgIpc) is 2.77. The van der Waals surface area contributed by atoms with Crippen LogP contribution in [-0.2, 0) is 13.1 Å². The summed E-state index contributed by atoms with van der Waals surface area (Å²) < 4.78 is 2.12. The number of hydrogen-bond acceptors (Lipinski definition) is 3. The molecule has 6 heteroatoms. The third-order valence-electron chi connectivity index (χ3n) is 4.60. The Kier molecular flexibility index (Phi) is 6.09. The van der Waals surface area contributed by atoms with E-state index in [-0.39, 0.29) is 24.8 Å². The SMILES string of the molecule is Cc1cc(C)c2c(C)cc(-c3cc4n(n3)CCCNC4)nc2c1.Cl.Cl. The zero-order valence-corrected chi connectivity index (χ0v) is 16.4. The summed E-state index contributed by atoms with van der Waals surface area (Å²) in [6.07, 6.45) is 1.12. The summed E-state index contributed by atoms with van der Waals surface area (Å²) in [5, 5.41) is 9.50. The van der Waals surface area contributed by atoms with Gasteiger partial charge in [0.05, 0.1) is 16.9 Å². The van der Waals surface area contributed by atoms with Gasteiger partial charge in [-0.3, -0.25) is 4.68 Å². The molecule has 4 nitrogen and oxygen atoms in total. The van der Waals surface area contributed by atoms with Crippen LogP contribution in [0.1, 0.15) is 28.8 Å². The summed E-state index contributed by atoms with van der Waals surface area (Å²) in [5.41, 5.74) is 8.08. The van der Waals surface area contributed by atoms with E-state index in [2.05, 4.69) is 55.0 Å². The van der Waals surface area contributed by atoms with Crippen molar-refractivity contribution in [2.24, 2.45) is 0 Å². The maximum atomic E-state index is 4.90. The molecule has 0 amide bonds. The topological polar surface area (TPSA) is 42.7 Å². The van der Waals surface area contributed by atoms with Crippen molar-refractivity contribution in [1.29, 1.82) is 0 Å². The second kappa shape index (κ2) is 7.73. The van der Waals surface area contributed by atoms with E-state index in [1.54, 1.807) is 0 Å². The highest BCUT2D eigenvalue weighted by atomic mass is 35.5. The van der Waals surface area contributed by atoms with Gasteiger partial charge >= 0.3 is 0 Å². The van der Waals surface area contributed by atoms with Gasteiger partial charge in [0, 0.05) is 18.5 Å². The Hall–Kier alpha value is -1.62. The standard InChI is InChI=1S/C19H22N4.2ClH/c1-12-7-13(2)19-14(3)9-16(21-18(19)8-12)17-10-15-11-20-5-4-6-23(15)22-17;;/h7-10,20H,4-6,11H2,1-3H3;2*1H. The first-order valence-corrected chi connectivity index (χ1v) is 8.28. The number of rotatable bonds is 1. The van der Waals surface area contributed by atoms with Gasteiger partial charge in [0.25, 0.3) is 0 Å². The van der Waals surface area contributed by atoms with Crippen molar-refractivity contribution >= 4 is 35.7 Å². The Morgan fingerprint density at radius 1 is 0.960 bits per heavy atom. The zero-order valence-electron chi connectivity index (χ0n) is 14.8. The van der Waals surface area contributed by atoms with Gasteiger partial charge in [0.1, 0.15) is 5.69 Å². The summed E-state index contributed by atoms with van der Waals surface area (Å²) in [6, 6.07) is 8.73. The van der Waals surface area contributed by atoms with Gasteiger partial charge in [-0.05, 0) is 68.6 Å². The lowest BCUT2D eigenvalue weighted by molar-refractivity contribution is 0.589. The molecule has 0 saturated carbocycles. The van der Waals surface area contributed by atoms with Crippen molar-refractivity contribution in [2.45, 2.75) is 40.3 Å². The van der Waals surface area contributed by atoms with E-state index >= 15 is 0 Å². The molecule has 0 spiro atoms. The molecule has 1 aliphatic heterocycles. The van der Waals surface area contributed by atoms with Crippen LogP contribution in [0.4, 0.5) is 0 Å². The van der Waals surface area contributed by atoms with Crippen LogP contribution in [0.3, 0.4) is 0 Å². The number of nitrogens with zero attached hydrogens (tertiary/aromatic N) is 3. The van der Waals surface area contributed by atoms with Gasteiger partial charge in [-0.2, -0.15) is 5.10 Å². The molecular weight excluding hydrogens is 355 g/mol. The van der Waals surface area contributed by atoms with Crippen LogP contribution in [0.5, 0.6) is 0 Å². The Bertz CT molecular complexity index is 879. The second-order valence-corrected chi connectivity index (χ2v) is 6.57. The molecule has 3 aromatic rings. The van der Waals surface area contributed by atoms with E-state index in [0.717, 1.165) is 43.0 Å². The molecule has 1 N–H and O–H groups in total. The molecule has 4 rings (SSSR count). The van der Waals surface area contributed by atoms with Gasteiger partial charge in [-0.1, -0.05) is 6.07 Å². The molecule has 134 valence electrons. The highest BCUT2D eigenvalue weighted by Gasteiger charge is 2.14. The van der Waals surface area contributed by atoms with Gasteiger partial charge in [-0.25, -0.2) is 4.98 Å². The van der Waals surface area contributed by atoms with Crippen LogP contribution in [0, 0.1) is 20.8 Å². The van der Waals surface area contributed by atoms with Crippen molar-refractivity contribution in [2.75, 3.05) is 6.54 Å². The van der Waals surface area contributed by atoms with E-state index < -0.39 is 0 Å². The smallest absolute Gasteiger partial charge is 0.111 e. The fraction of sp³-hybridized carbons (Fsp3) is 0.368. The van der Waals surface area contributed by atoms with Crippen LogP contribution in [0.25, 0.3) is 22.3 Å². The predicted molar refractivity (Wildman–Crippen MR) is 108 cm³/mol. The number of aromatic nitrogens is 3. The molecule has 0 unspecified atom stereocenters. The molecule has 0 atom stereocenters. The van der Waals surface area contributed by atoms with E-state index in [4.69, 9.17) is 10.1 Å². The average molecular weight is 379 g/mol. The highest BCUT2D eigenvalue weighted by molar-refractivity contribution is 5.88. The summed E-state index contributed by atoms with van der Waals surface area (Å²) in [7, 11) is 0. The summed E-state index contributed by atoms with van der Waals surface area (Å²) >= 11 is 0. The molecule has 0 saturated heterocycles. The van der Waals surface area contributed by atoms with Crippen LogP contribution in [-0.4, -0.2) is 21.3 Å². The van der Waals surface area contributed by atoms with Crippen LogP contribution in [0.2, 0.25) is 0 Å². The number of nitrogens with one attached hydrogen (secondary N) is 1. The van der Waals surface area contributed by atoms with E-state index in [0.29, 0.717) is 0 Å². The van der Waals surface area contributed by atoms with E-state index in [1.807, 2.05) is 0 Å². The minimum absolute atomic E-state index is 0. The first-order chi connectivity index (χ1) is 11.1. The molecule has 1 aliphatic rings. The van der Waals surface area contributed by atoms with Crippen LogP contribution < -0.4 is 5.32 Å². The maximum absolute atomic E-state index is 4.90. The molecule has 3 heterocycles. The van der Waals surface area contributed by atoms with Crippen molar-refractivity contribution < 1.29 is 0 Å². The van der Waals surface area contributed by atoms with Crippen molar-refractivity contribution in [3.63, 3.8) is 0 Å². The lowest BCUT2D eigenvalue weighted by Crippen LogP contribution is -2.11. The minimum atomic E-state index is 0. The molecule has 0 aliphatic carbocycles. The molecule has 0 bridgehead atoms. The molecule has 2 aromatic heterocycles. The van der Waals surface area contributed by atoms with E-state index in [1.165, 1.54) is 27.8 Å². The molecule has 0 fully saturated rings. The molecule has 25 heavy (non-hydrogen) atoms. The van der Waals surface area contributed by atoms with Crippen molar-refractivity contribution in [3.8, 4) is 11.4 Å². The normalized spacial score (nSPS) is 13.6. The van der Waals surface area contributed by atoms with Crippen LogP contribution in [0.15, 0.2) is 24.3 Å². The Morgan fingerprint density at radius 3 is 2.52 bits per heavy atom. The zero-order chi connectivity index (χ0) is 16.0. The Labute approximate surface area is 160 Å². The monoisotopic (exact) mass is 378 g/mol. The van der Waals surface area contributed by atoms with E-state index in [9.17, 15) is 0 Å². The van der Waals surface area contributed by atoms with Gasteiger partial charge < -0.3 is 5.32 Å². The fourth-order valence-corrected chi connectivity index (χ4v) is 3.60. The largest absolute Gasteiger partial charge is 0.311 e. The summed E-state index contributed by atoms with van der Waals surface area (Å²) in [6.45, 7) is 9.38. The summed E-state index contributed by atoms with van der Waals surface area (Å²) in [4.78, 5) is 4.90. The third kappa shape index (κ3) is 3.66. The van der Waals surface area contributed by atoms with Gasteiger partial charge in [-0.15, -0.1) is 24.8 Å². The lowest BCUT2D eigenvalue weighted by atomic mass is 10.0. The Morgan fingerprint density at radius 2 is 1.72 bits per heavy atom. The summed E-state index contributed by atoms with van der Waals surface area (Å²) in [5.74, 6) is 0. The predicted octanol–water partition coefficient (Wildman–Crippen LogP) is 4.36. The first-order valence-electron chi connectivity index (χ1n) is 8.28. The third-order valence-corrected chi connectivity index (χ3v) is 4.60. The minimum Gasteiger partial charge on any atom is -0.311 e. The number of fused-ring (bicyclic) bond motifs is 2. The molecule has 1 aromatic carbocycles. The number of pyridine rings is 1. The van der Waals surface area contributed by atoms with Crippen LogP contribution >= 0.6 is 24.8 Å². The number of aryl methyl sites for hydroxylation is 4. The van der Waals surface area contributed by atoms with Crippen molar-refractivity contribution in [1.82, 2.24) is 20.1 Å². The van der Waals surface area contributed by atoms with Gasteiger partial charge in [0.15, 0.2) is 0 Å². The van der Waals surface area contributed by atoms with Crippen molar-refractivity contribution in [3.05, 3.63) is 46.6 Å². The molecular formula is C19H24Cl2N4. The number of hydrogen-bond donors (Lipinski definition) is 1. The highest BCUT2D eigenvalue weighted by Crippen LogP contribution is 2.27. The van der Waals surface area contributed by atoms with Gasteiger partial charge in [0.2, 0.25) is 0 Å². The second-order valence-electron chi connectivity index (χ2n) is 6.57. The quantitative estimate of drug-likeness (QED) is 0.683. The lowest BCUT2D eigenvalue weighted by Gasteiger charge is -2.09. The first kappa shape index (κ1) is 19.7. The number of benzene rings is 1. The Balaban J connectivity index is 0.00000113. The molecule has 0 radical (unpaired) electrons. The fourth-order valence-electron chi connectivity index (χ4n) is 3.60.